The van der Waals surface area contributed by atoms with Crippen molar-refractivity contribution in [1.82, 2.24) is 0 Å². The molecule has 0 unspecified atom stereocenters. The molecule has 0 fully saturated rings. The van der Waals surface area contributed by atoms with Crippen LogP contribution in [0.25, 0.3) is 0 Å². The third-order valence-corrected chi connectivity index (χ3v) is 5.04. The molecule has 0 nitrogen and oxygen atoms in total. The van der Waals surface area contributed by atoms with Gasteiger partial charge in [0.05, 0.1) is 0 Å². The second-order valence-electron chi connectivity index (χ2n) is 7.30. The van der Waals surface area contributed by atoms with E-state index in [1.54, 1.807) is 0 Å². The molecule has 0 heterocycles. The average Bonchev–Trinajstić information content (AvgIpc) is 3.45. The third-order valence-electron chi connectivity index (χ3n) is 5.04. The SMILES string of the molecule is [C-]1=C(CCCc2ccccc2)C=CC1.[C-]1=C(CCCc2ccccc2)C=CC1.[F-].[F-].[Zr+4]. The van der Waals surface area contributed by atoms with E-state index in [1.165, 1.54) is 60.8 Å². The monoisotopic (exact) mass is 494 g/mol. The molecule has 0 radical (unpaired) electrons. The zero-order valence-electron chi connectivity index (χ0n) is 18.0. The Balaban J connectivity index is 0.000000529. The van der Waals surface area contributed by atoms with Crippen molar-refractivity contribution < 1.29 is 35.6 Å². The van der Waals surface area contributed by atoms with Gasteiger partial charge in [0.25, 0.3) is 0 Å². The normalized spacial score (nSPS) is 13.0. The van der Waals surface area contributed by atoms with Crippen LogP contribution in [-0.4, -0.2) is 0 Å². The molecule has 0 spiro atoms. The fraction of sp³-hybridized carbons (Fsp3) is 0.286. The number of hydrogen-bond acceptors (Lipinski definition) is 0. The molecule has 4 rings (SSSR count). The Hall–Kier alpha value is -1.86. The van der Waals surface area contributed by atoms with E-state index in [2.05, 4.69) is 97.1 Å². The Kier molecular flexibility index (Phi) is 16.7. The zero-order chi connectivity index (χ0) is 19.3. The van der Waals surface area contributed by atoms with Crippen LogP contribution in [0.2, 0.25) is 0 Å². The Labute approximate surface area is 205 Å². The first-order valence-electron chi connectivity index (χ1n) is 10.5. The van der Waals surface area contributed by atoms with E-state index in [-0.39, 0.29) is 35.6 Å². The van der Waals surface area contributed by atoms with Crippen LogP contribution in [0, 0.1) is 12.2 Å². The van der Waals surface area contributed by atoms with Gasteiger partial charge in [-0.05, 0) is 36.8 Å². The fourth-order valence-electron chi connectivity index (χ4n) is 3.50. The first kappa shape index (κ1) is 29.1. The summed E-state index contributed by atoms with van der Waals surface area (Å²) in [6.07, 6.45) is 24.7. The van der Waals surface area contributed by atoms with Crippen LogP contribution in [0.1, 0.15) is 49.7 Å². The largest absolute Gasteiger partial charge is 4.00 e. The van der Waals surface area contributed by atoms with E-state index in [0.717, 1.165) is 12.8 Å². The van der Waals surface area contributed by atoms with Gasteiger partial charge in [0.1, 0.15) is 0 Å². The number of hydrogen-bond donors (Lipinski definition) is 0. The molecule has 0 N–H and O–H groups in total. The summed E-state index contributed by atoms with van der Waals surface area (Å²) in [6.45, 7) is 0. The summed E-state index contributed by atoms with van der Waals surface area (Å²) >= 11 is 0. The Morgan fingerprint density at radius 1 is 0.548 bits per heavy atom. The molecule has 3 heteroatoms. The van der Waals surface area contributed by atoms with Gasteiger partial charge < -0.3 is 9.41 Å². The maximum atomic E-state index is 3.35. The second-order valence-corrected chi connectivity index (χ2v) is 7.30. The van der Waals surface area contributed by atoms with Gasteiger partial charge in [0, 0.05) is 0 Å². The summed E-state index contributed by atoms with van der Waals surface area (Å²) in [5.41, 5.74) is 5.66. The molecule has 0 aliphatic heterocycles. The average molecular weight is 496 g/mol. The van der Waals surface area contributed by atoms with E-state index in [9.17, 15) is 0 Å². The summed E-state index contributed by atoms with van der Waals surface area (Å²) in [7, 11) is 0. The van der Waals surface area contributed by atoms with E-state index in [0.29, 0.717) is 0 Å². The number of aryl methyl sites for hydroxylation is 2. The maximum absolute atomic E-state index is 3.35. The van der Waals surface area contributed by atoms with E-state index in [1.807, 2.05) is 0 Å². The predicted octanol–water partition coefficient (Wildman–Crippen LogP) is 1.40. The van der Waals surface area contributed by atoms with Crippen LogP contribution >= 0.6 is 0 Å². The van der Waals surface area contributed by atoms with E-state index >= 15 is 0 Å². The van der Waals surface area contributed by atoms with Gasteiger partial charge in [0.15, 0.2) is 0 Å². The molecular formula is C28H30F2Zr. The smallest absolute Gasteiger partial charge is 1.00 e. The summed E-state index contributed by atoms with van der Waals surface area (Å²) in [5.74, 6) is 0. The molecule has 0 atom stereocenters. The number of benzene rings is 2. The van der Waals surface area contributed by atoms with Crippen LogP contribution in [-0.2, 0) is 39.0 Å². The standard InChI is InChI=1S/2C14H15.2FH.Zr/c2*1-2-7-13(8-3-1)11-6-12-14-9-4-5-10-14;;;/h2*1-4,7-9H,5-6,11-12H2;2*1H;/q2*-1;;;+4/p-2. The van der Waals surface area contributed by atoms with Crippen LogP contribution in [0.5, 0.6) is 0 Å². The summed E-state index contributed by atoms with van der Waals surface area (Å²) in [4.78, 5) is 0. The minimum absolute atomic E-state index is 0. The molecular weight excluding hydrogens is 466 g/mol. The first-order chi connectivity index (χ1) is 13.9. The predicted molar refractivity (Wildman–Crippen MR) is 120 cm³/mol. The Morgan fingerprint density at radius 2 is 0.935 bits per heavy atom. The Bertz CT molecular complexity index is 749. The molecule has 0 amide bonds. The van der Waals surface area contributed by atoms with Crippen molar-refractivity contribution in [2.75, 3.05) is 0 Å². The summed E-state index contributed by atoms with van der Waals surface area (Å²) in [5, 5.41) is 0. The minimum Gasteiger partial charge on any atom is -1.00 e. The molecule has 2 aromatic rings. The number of rotatable bonds is 8. The van der Waals surface area contributed by atoms with Crippen LogP contribution < -0.4 is 9.41 Å². The molecule has 2 aliphatic rings. The van der Waals surface area contributed by atoms with Gasteiger partial charge in [-0.2, -0.15) is 12.2 Å². The quantitative estimate of drug-likeness (QED) is 0.486. The molecule has 31 heavy (non-hydrogen) atoms. The fourth-order valence-corrected chi connectivity index (χ4v) is 3.50. The van der Waals surface area contributed by atoms with Crippen molar-refractivity contribution in [3.63, 3.8) is 0 Å². The molecule has 2 aliphatic carbocycles. The Morgan fingerprint density at radius 3 is 1.26 bits per heavy atom. The van der Waals surface area contributed by atoms with Crippen LogP contribution in [0.3, 0.4) is 0 Å². The summed E-state index contributed by atoms with van der Waals surface area (Å²) < 4.78 is 0. The van der Waals surface area contributed by atoms with E-state index in [4.69, 9.17) is 0 Å². The van der Waals surface area contributed by atoms with Crippen LogP contribution in [0.4, 0.5) is 0 Å². The van der Waals surface area contributed by atoms with Crippen molar-refractivity contribution in [2.45, 2.75) is 51.4 Å². The van der Waals surface area contributed by atoms with Gasteiger partial charge in [-0.25, -0.2) is 23.3 Å². The molecule has 0 saturated carbocycles. The van der Waals surface area contributed by atoms with Crippen molar-refractivity contribution in [2.24, 2.45) is 0 Å². The maximum Gasteiger partial charge on any atom is 4.00 e. The summed E-state index contributed by atoms with van der Waals surface area (Å²) in [6, 6.07) is 21.4. The van der Waals surface area contributed by atoms with Crippen molar-refractivity contribution in [1.29, 1.82) is 0 Å². The van der Waals surface area contributed by atoms with Crippen LogP contribution in [0.15, 0.2) is 96.1 Å². The first-order valence-corrected chi connectivity index (χ1v) is 10.5. The molecule has 0 saturated heterocycles. The van der Waals surface area contributed by atoms with Crippen molar-refractivity contribution >= 4 is 0 Å². The number of halogens is 2. The van der Waals surface area contributed by atoms with E-state index < -0.39 is 0 Å². The molecule has 0 aromatic heterocycles. The number of allylic oxidation sites excluding steroid dienone is 8. The molecule has 0 bridgehead atoms. The van der Waals surface area contributed by atoms with Gasteiger partial charge in [-0.3, -0.25) is 12.2 Å². The van der Waals surface area contributed by atoms with Gasteiger partial charge in [-0.15, -0.1) is 12.8 Å². The molecule has 160 valence electrons. The minimum atomic E-state index is 0. The second kappa shape index (κ2) is 17.8. The molecule has 2 aromatic carbocycles. The van der Waals surface area contributed by atoms with Crippen molar-refractivity contribution in [3.8, 4) is 0 Å². The topological polar surface area (TPSA) is 0 Å². The van der Waals surface area contributed by atoms with Gasteiger partial charge in [0.2, 0.25) is 0 Å². The van der Waals surface area contributed by atoms with Gasteiger partial charge >= 0.3 is 26.2 Å². The van der Waals surface area contributed by atoms with Crippen molar-refractivity contribution in [3.05, 3.63) is 119 Å². The third kappa shape index (κ3) is 11.9. The zero-order valence-corrected chi connectivity index (χ0v) is 20.5. The van der Waals surface area contributed by atoms with Gasteiger partial charge in [-0.1, -0.05) is 73.5 Å².